The highest BCUT2D eigenvalue weighted by atomic mass is 32.1. The van der Waals surface area contributed by atoms with Gasteiger partial charge in [0.15, 0.2) is 0 Å². The Kier molecular flexibility index (Phi) is 19.6. The number of piperidine rings is 1. The number of benzene rings is 2. The summed E-state index contributed by atoms with van der Waals surface area (Å²) in [6, 6.07) is 11.7. The first-order valence-electron chi connectivity index (χ1n) is 13.8. The Morgan fingerprint density at radius 3 is 1.89 bits per heavy atom. The molecule has 1 aliphatic rings. The molecule has 0 aromatic heterocycles. The van der Waals surface area contributed by atoms with E-state index in [0.29, 0.717) is 24.5 Å². The van der Waals surface area contributed by atoms with Crippen LogP contribution in [-0.4, -0.2) is 56.6 Å². The van der Waals surface area contributed by atoms with E-state index >= 15 is 0 Å². The zero-order valence-corrected chi connectivity index (χ0v) is 26.6. The number of hydrogen-bond donors (Lipinski definition) is 3. The van der Waals surface area contributed by atoms with Gasteiger partial charge in [0.2, 0.25) is 5.91 Å². The molecule has 3 N–H and O–H groups in total. The number of rotatable bonds is 8. The topological polar surface area (TPSA) is 97.0 Å². The molecule has 2 aromatic rings. The number of ether oxygens (including phenoxy) is 1. The number of primary amides is 1. The molecule has 0 saturated carbocycles. The molecule has 1 fully saturated rings. The average Bonchev–Trinajstić information content (AvgIpc) is 3.01. The quantitative estimate of drug-likeness (QED) is 0.155. The number of nitrogens with one attached hydrogen (secondary N) is 1. The van der Waals surface area contributed by atoms with Crippen LogP contribution < -0.4 is 11.1 Å². The molecule has 0 unspecified atom stereocenters. The molecule has 3 rings (SSSR count). The highest BCUT2D eigenvalue weighted by Crippen LogP contribution is 2.36. The summed E-state index contributed by atoms with van der Waals surface area (Å²) in [4.78, 5) is 27.2. The zero-order chi connectivity index (χ0) is 34.6. The van der Waals surface area contributed by atoms with Crippen LogP contribution in [-0.2, 0) is 28.4 Å². The minimum atomic E-state index is -4.91. The minimum absolute atomic E-state index is 0.0757. The minimum Gasteiger partial charge on any atom is -0.453 e. The SMILES string of the molecule is C=NC(=C)C.COC(N)=O.CS.O=C(CCCN1CCC(c2ccccc2)CC1)NCc1cc(C(F)(F)F)cc(C(F)(F)F)c1. The van der Waals surface area contributed by atoms with Crippen LogP contribution in [0.5, 0.6) is 0 Å². The van der Waals surface area contributed by atoms with Crippen molar-refractivity contribution in [3.05, 3.63) is 83.1 Å². The molecule has 14 heteroatoms. The van der Waals surface area contributed by atoms with E-state index in [4.69, 9.17) is 0 Å². The van der Waals surface area contributed by atoms with Gasteiger partial charge in [-0.3, -0.25) is 9.79 Å². The van der Waals surface area contributed by atoms with Crippen LogP contribution in [0.3, 0.4) is 0 Å². The van der Waals surface area contributed by atoms with Gasteiger partial charge in [0.05, 0.1) is 18.2 Å². The van der Waals surface area contributed by atoms with Gasteiger partial charge in [-0.25, -0.2) is 4.79 Å². The fourth-order valence-corrected chi connectivity index (χ4v) is 4.09. The zero-order valence-electron chi connectivity index (χ0n) is 25.7. The normalized spacial score (nSPS) is 13.4. The number of nitrogens with zero attached hydrogens (tertiary/aromatic N) is 2. The standard InChI is InChI=1S/C24H26F6N2O.C4H7N.C2H5NO2.CH4S/c25-23(26,27)20-13-17(14-21(15-20)24(28,29)30)16-31-22(33)7-4-10-32-11-8-19(9-12-32)18-5-2-1-3-6-18;1-4(2)5-3;1-5-2(3)4;1-2/h1-3,5-6,13-15,19H,4,7-12,16H2,(H,31,33);1,3H2,2H3;1H3,(H2,3,4);2H,1H3. The number of nitrogens with two attached hydrogens (primary N) is 1. The number of methoxy groups -OCH3 is 1. The number of aliphatic imine (C=N–C) groups is 1. The maximum Gasteiger partial charge on any atom is 0.416 e. The van der Waals surface area contributed by atoms with Crippen molar-refractivity contribution < 1.29 is 40.7 Å². The van der Waals surface area contributed by atoms with E-state index in [1.54, 1.807) is 13.2 Å². The second kappa shape index (κ2) is 21.3. The lowest BCUT2D eigenvalue weighted by atomic mass is 9.89. The molecular formula is C31H42F6N4O3S. The number of halogens is 6. The van der Waals surface area contributed by atoms with Crippen LogP contribution in [0.4, 0.5) is 31.1 Å². The van der Waals surface area contributed by atoms with E-state index in [2.05, 4.69) is 63.7 Å². The monoisotopic (exact) mass is 664 g/mol. The average molecular weight is 665 g/mol. The summed E-state index contributed by atoms with van der Waals surface area (Å²) in [5.74, 6) is 0.125. The summed E-state index contributed by atoms with van der Waals surface area (Å²) in [7, 11) is 1.22. The molecule has 2 amide bonds. The van der Waals surface area contributed by atoms with E-state index < -0.39 is 42.0 Å². The molecule has 0 aliphatic carbocycles. The number of carbonyl (C=O) groups excluding carboxylic acids is 2. The van der Waals surface area contributed by atoms with Crippen LogP contribution in [0.15, 0.2) is 65.8 Å². The van der Waals surface area contributed by atoms with E-state index in [-0.39, 0.29) is 18.1 Å². The number of hydrogen-bond acceptors (Lipinski definition) is 6. The fourth-order valence-electron chi connectivity index (χ4n) is 4.09. The first-order valence-corrected chi connectivity index (χ1v) is 14.7. The van der Waals surface area contributed by atoms with E-state index in [1.165, 1.54) is 12.7 Å². The lowest BCUT2D eigenvalue weighted by Crippen LogP contribution is -2.34. The molecule has 45 heavy (non-hydrogen) atoms. The van der Waals surface area contributed by atoms with Gasteiger partial charge in [-0.2, -0.15) is 39.0 Å². The number of allylic oxidation sites excluding steroid dienone is 1. The van der Waals surface area contributed by atoms with Crippen LogP contribution in [0.2, 0.25) is 0 Å². The van der Waals surface area contributed by atoms with E-state index in [9.17, 15) is 35.9 Å². The molecule has 1 heterocycles. The highest BCUT2D eigenvalue weighted by Gasteiger charge is 2.36. The Balaban J connectivity index is 0.00000138. The van der Waals surface area contributed by atoms with Crippen molar-refractivity contribution in [1.82, 2.24) is 10.2 Å². The third-order valence-corrected chi connectivity index (χ3v) is 6.34. The third-order valence-electron chi connectivity index (χ3n) is 6.34. The van der Waals surface area contributed by atoms with Crippen molar-refractivity contribution >= 4 is 31.3 Å². The maximum atomic E-state index is 12.9. The number of carbonyl (C=O) groups is 2. The smallest absolute Gasteiger partial charge is 0.416 e. The Labute approximate surface area is 266 Å². The largest absolute Gasteiger partial charge is 0.453 e. The second-order valence-electron chi connectivity index (χ2n) is 9.74. The molecule has 0 bridgehead atoms. The summed E-state index contributed by atoms with van der Waals surface area (Å²) in [5, 5.41) is 2.43. The predicted octanol–water partition coefficient (Wildman–Crippen LogP) is 7.48. The molecule has 2 aromatic carbocycles. The van der Waals surface area contributed by atoms with Crippen molar-refractivity contribution in [2.75, 3.05) is 33.0 Å². The van der Waals surface area contributed by atoms with Crippen molar-refractivity contribution in [1.29, 1.82) is 0 Å². The van der Waals surface area contributed by atoms with E-state index in [0.717, 1.165) is 38.2 Å². The summed E-state index contributed by atoms with van der Waals surface area (Å²) >= 11 is 3.53. The van der Waals surface area contributed by atoms with Gasteiger partial charge < -0.3 is 20.7 Å². The lowest BCUT2D eigenvalue weighted by Gasteiger charge is -2.32. The Morgan fingerprint density at radius 2 is 1.49 bits per heavy atom. The van der Waals surface area contributed by atoms with Crippen LogP contribution in [0, 0.1) is 0 Å². The van der Waals surface area contributed by atoms with Gasteiger partial charge in [-0.05, 0) is 94.0 Å². The fraction of sp³-hybridized carbons (Fsp3) is 0.452. The summed E-state index contributed by atoms with van der Waals surface area (Å²) in [6.45, 7) is 10.6. The first kappa shape index (κ1) is 41.5. The summed E-state index contributed by atoms with van der Waals surface area (Å²) < 4.78 is 81.5. The van der Waals surface area contributed by atoms with Gasteiger partial charge in [-0.1, -0.05) is 36.9 Å². The first-order chi connectivity index (χ1) is 21.1. The van der Waals surface area contributed by atoms with E-state index in [1.807, 2.05) is 18.2 Å². The second-order valence-corrected chi connectivity index (χ2v) is 9.74. The number of alkyl halides is 6. The van der Waals surface area contributed by atoms with Gasteiger partial charge in [0.25, 0.3) is 0 Å². The van der Waals surface area contributed by atoms with Crippen LogP contribution >= 0.6 is 12.6 Å². The van der Waals surface area contributed by atoms with Crippen LogP contribution in [0.25, 0.3) is 0 Å². The number of likely N-dealkylation sites (tertiary alicyclic amines) is 1. The van der Waals surface area contributed by atoms with Crippen molar-refractivity contribution in [3.63, 3.8) is 0 Å². The predicted molar refractivity (Wildman–Crippen MR) is 168 cm³/mol. The van der Waals surface area contributed by atoms with Gasteiger partial charge in [0, 0.05) is 18.7 Å². The lowest BCUT2D eigenvalue weighted by molar-refractivity contribution is -0.143. The summed E-state index contributed by atoms with van der Waals surface area (Å²) in [5.41, 5.74) is 3.51. The Bertz CT molecular complexity index is 1150. The highest BCUT2D eigenvalue weighted by molar-refractivity contribution is 7.79. The molecule has 0 radical (unpaired) electrons. The molecule has 7 nitrogen and oxygen atoms in total. The molecule has 1 saturated heterocycles. The van der Waals surface area contributed by atoms with Gasteiger partial charge >= 0.3 is 18.4 Å². The van der Waals surface area contributed by atoms with Gasteiger partial charge in [-0.15, -0.1) is 0 Å². The maximum absolute atomic E-state index is 12.9. The Morgan fingerprint density at radius 1 is 1.02 bits per heavy atom. The third kappa shape index (κ3) is 18.1. The van der Waals surface area contributed by atoms with Crippen molar-refractivity contribution in [2.24, 2.45) is 10.7 Å². The van der Waals surface area contributed by atoms with Crippen molar-refractivity contribution in [2.45, 2.75) is 57.4 Å². The van der Waals surface area contributed by atoms with Gasteiger partial charge in [0.1, 0.15) is 0 Å². The molecule has 1 aliphatic heterocycles. The van der Waals surface area contributed by atoms with Crippen LogP contribution in [0.1, 0.15) is 60.8 Å². The molecule has 252 valence electrons. The molecular weight excluding hydrogens is 622 g/mol. The molecule has 0 spiro atoms. The summed E-state index contributed by atoms with van der Waals surface area (Å²) in [6.07, 6.45) is -6.07. The number of amides is 2. The number of thiol groups is 1. The molecule has 0 atom stereocenters. The van der Waals surface area contributed by atoms with Crippen molar-refractivity contribution in [3.8, 4) is 0 Å². The Hall–Kier alpha value is -3.52.